The Kier molecular flexibility index (Phi) is 3.52. The Hall–Kier alpha value is -2.02. The van der Waals surface area contributed by atoms with Crippen LogP contribution in [0, 0.1) is 6.92 Å². The lowest BCUT2D eigenvalue weighted by Gasteiger charge is -2.07. The Balaban J connectivity index is 2.14. The first kappa shape index (κ1) is 12.4. The lowest BCUT2D eigenvalue weighted by molar-refractivity contribution is 0.988. The molecule has 2 aromatic rings. The third-order valence-electron chi connectivity index (χ3n) is 2.36. The highest BCUT2D eigenvalue weighted by Crippen LogP contribution is 2.29. The van der Waals surface area contributed by atoms with Crippen LogP contribution in [0.25, 0.3) is 0 Å². The van der Waals surface area contributed by atoms with E-state index in [-0.39, 0.29) is 11.9 Å². The molecule has 0 saturated heterocycles. The Labute approximate surface area is 109 Å². The van der Waals surface area contributed by atoms with E-state index in [1.165, 1.54) is 0 Å². The van der Waals surface area contributed by atoms with Gasteiger partial charge in [0.05, 0.1) is 5.75 Å². The minimum Gasteiger partial charge on any atom is -0.398 e. The zero-order valence-electron chi connectivity index (χ0n) is 9.92. The van der Waals surface area contributed by atoms with Gasteiger partial charge in [-0.25, -0.2) is 0 Å². The monoisotopic (exact) mass is 262 g/mol. The normalized spacial score (nSPS) is 10.5. The summed E-state index contributed by atoms with van der Waals surface area (Å²) in [5, 5.41) is 0. The van der Waals surface area contributed by atoms with E-state index in [1.54, 1.807) is 11.8 Å². The Morgan fingerprint density at radius 1 is 1.06 bits per heavy atom. The van der Waals surface area contributed by atoms with Crippen molar-refractivity contribution in [2.45, 2.75) is 17.6 Å². The van der Waals surface area contributed by atoms with Crippen LogP contribution in [0.15, 0.2) is 23.1 Å². The highest BCUT2D eigenvalue weighted by Gasteiger charge is 2.06. The summed E-state index contributed by atoms with van der Waals surface area (Å²) in [4.78, 5) is 12.7. The smallest absolute Gasteiger partial charge is 0.225 e. The molecule has 1 heterocycles. The number of anilines is 3. The maximum Gasteiger partial charge on any atom is 0.225 e. The van der Waals surface area contributed by atoms with Crippen LogP contribution in [0.1, 0.15) is 11.4 Å². The minimum atomic E-state index is 0.135. The third kappa shape index (κ3) is 2.80. The number of aromatic nitrogens is 3. The van der Waals surface area contributed by atoms with Crippen LogP contribution in [0.2, 0.25) is 0 Å². The molecule has 0 unspecified atom stereocenters. The van der Waals surface area contributed by atoms with Crippen molar-refractivity contribution in [2.24, 2.45) is 0 Å². The van der Waals surface area contributed by atoms with Crippen LogP contribution in [-0.4, -0.2) is 15.0 Å². The van der Waals surface area contributed by atoms with E-state index < -0.39 is 0 Å². The summed E-state index contributed by atoms with van der Waals surface area (Å²) in [5.74, 6) is 1.36. The van der Waals surface area contributed by atoms with E-state index in [2.05, 4.69) is 15.0 Å². The van der Waals surface area contributed by atoms with Gasteiger partial charge in [-0.2, -0.15) is 15.0 Å². The number of thioether (sulfide) groups is 1. The lowest BCUT2D eigenvalue weighted by Crippen LogP contribution is -2.06. The van der Waals surface area contributed by atoms with Gasteiger partial charge < -0.3 is 17.2 Å². The summed E-state index contributed by atoms with van der Waals surface area (Å²) < 4.78 is 0. The molecule has 0 amide bonds. The standard InChI is InChI=1S/C11H14N6S/c1-6-3-2-4-7(9(6)12)18-5-8-15-10(13)17-11(14)16-8/h2-4H,5,12H2,1H3,(H4,13,14,15,16,17). The minimum absolute atomic E-state index is 0.135. The second-order valence-corrected chi connectivity index (χ2v) is 4.76. The van der Waals surface area contributed by atoms with Crippen molar-refractivity contribution in [3.05, 3.63) is 29.6 Å². The van der Waals surface area contributed by atoms with E-state index in [0.29, 0.717) is 11.6 Å². The van der Waals surface area contributed by atoms with Gasteiger partial charge in [-0.05, 0) is 18.6 Å². The number of nitrogen functional groups attached to an aromatic ring is 3. The number of nitrogens with two attached hydrogens (primary N) is 3. The average Bonchev–Trinajstić information content (AvgIpc) is 2.30. The molecule has 0 atom stereocenters. The van der Waals surface area contributed by atoms with Gasteiger partial charge in [-0.3, -0.25) is 0 Å². The molecule has 18 heavy (non-hydrogen) atoms. The number of benzene rings is 1. The van der Waals surface area contributed by atoms with E-state index >= 15 is 0 Å². The number of rotatable bonds is 3. The molecule has 0 radical (unpaired) electrons. The molecular formula is C11H14N6S. The summed E-state index contributed by atoms with van der Waals surface area (Å²) in [6, 6.07) is 5.89. The number of nitrogens with zero attached hydrogens (tertiary/aromatic N) is 3. The highest BCUT2D eigenvalue weighted by molar-refractivity contribution is 7.98. The lowest BCUT2D eigenvalue weighted by atomic mass is 10.2. The molecular weight excluding hydrogens is 248 g/mol. The molecule has 7 heteroatoms. The fraction of sp³-hybridized carbons (Fsp3) is 0.182. The first-order valence-electron chi connectivity index (χ1n) is 5.30. The van der Waals surface area contributed by atoms with E-state index in [9.17, 15) is 0 Å². The van der Waals surface area contributed by atoms with E-state index in [0.717, 1.165) is 16.1 Å². The van der Waals surface area contributed by atoms with Gasteiger partial charge in [0.2, 0.25) is 11.9 Å². The number of hydrogen-bond donors (Lipinski definition) is 3. The van der Waals surface area contributed by atoms with E-state index in [1.807, 2.05) is 25.1 Å². The summed E-state index contributed by atoms with van der Waals surface area (Å²) >= 11 is 1.54. The predicted molar refractivity (Wildman–Crippen MR) is 73.8 cm³/mol. The summed E-state index contributed by atoms with van der Waals surface area (Å²) in [5.41, 5.74) is 18.8. The summed E-state index contributed by atoms with van der Waals surface area (Å²) in [7, 11) is 0. The van der Waals surface area contributed by atoms with E-state index in [4.69, 9.17) is 17.2 Å². The van der Waals surface area contributed by atoms with Crippen molar-refractivity contribution in [1.82, 2.24) is 15.0 Å². The van der Waals surface area contributed by atoms with Gasteiger partial charge in [0.1, 0.15) is 5.82 Å². The van der Waals surface area contributed by atoms with Crippen molar-refractivity contribution in [3.8, 4) is 0 Å². The van der Waals surface area contributed by atoms with Crippen molar-refractivity contribution in [2.75, 3.05) is 17.2 Å². The van der Waals surface area contributed by atoms with Crippen molar-refractivity contribution in [1.29, 1.82) is 0 Å². The molecule has 6 N–H and O–H groups in total. The fourth-order valence-electron chi connectivity index (χ4n) is 1.44. The van der Waals surface area contributed by atoms with Gasteiger partial charge in [0.15, 0.2) is 0 Å². The Morgan fingerprint density at radius 2 is 1.72 bits per heavy atom. The van der Waals surface area contributed by atoms with Crippen molar-refractivity contribution >= 4 is 29.3 Å². The van der Waals surface area contributed by atoms with Gasteiger partial charge in [-0.1, -0.05) is 12.1 Å². The molecule has 0 aliphatic rings. The number of aryl methyl sites for hydroxylation is 1. The maximum absolute atomic E-state index is 5.98. The largest absolute Gasteiger partial charge is 0.398 e. The van der Waals surface area contributed by atoms with Crippen LogP contribution in [-0.2, 0) is 5.75 Å². The van der Waals surface area contributed by atoms with Gasteiger partial charge >= 0.3 is 0 Å². The molecule has 1 aromatic carbocycles. The Bertz CT molecular complexity index is 551. The van der Waals surface area contributed by atoms with Crippen LogP contribution in [0.3, 0.4) is 0 Å². The first-order valence-corrected chi connectivity index (χ1v) is 6.28. The molecule has 1 aromatic heterocycles. The Morgan fingerprint density at radius 3 is 2.39 bits per heavy atom. The third-order valence-corrected chi connectivity index (χ3v) is 3.43. The van der Waals surface area contributed by atoms with Gasteiger partial charge in [-0.15, -0.1) is 11.8 Å². The summed E-state index contributed by atoms with van der Waals surface area (Å²) in [6.45, 7) is 1.97. The first-order chi connectivity index (χ1) is 8.56. The highest BCUT2D eigenvalue weighted by atomic mass is 32.2. The SMILES string of the molecule is Cc1cccc(SCc2nc(N)nc(N)n2)c1N. The van der Waals surface area contributed by atoms with Crippen LogP contribution in [0.4, 0.5) is 17.6 Å². The zero-order valence-corrected chi connectivity index (χ0v) is 10.7. The molecule has 0 spiro atoms. The fourth-order valence-corrected chi connectivity index (χ4v) is 2.35. The molecule has 2 rings (SSSR count). The van der Waals surface area contributed by atoms with Crippen LogP contribution >= 0.6 is 11.8 Å². The van der Waals surface area contributed by atoms with Crippen molar-refractivity contribution < 1.29 is 0 Å². The van der Waals surface area contributed by atoms with Crippen LogP contribution < -0.4 is 17.2 Å². The quantitative estimate of drug-likeness (QED) is 0.562. The summed E-state index contributed by atoms with van der Waals surface area (Å²) in [6.07, 6.45) is 0. The van der Waals surface area contributed by atoms with Gasteiger partial charge in [0.25, 0.3) is 0 Å². The van der Waals surface area contributed by atoms with Gasteiger partial charge in [0, 0.05) is 10.6 Å². The molecule has 0 aliphatic carbocycles. The number of hydrogen-bond acceptors (Lipinski definition) is 7. The van der Waals surface area contributed by atoms with Crippen LogP contribution in [0.5, 0.6) is 0 Å². The average molecular weight is 262 g/mol. The molecule has 0 fully saturated rings. The molecule has 94 valence electrons. The molecule has 0 aliphatic heterocycles. The predicted octanol–water partition coefficient (Wildman–Crippen LogP) is 1.22. The topological polar surface area (TPSA) is 117 Å². The second-order valence-electron chi connectivity index (χ2n) is 3.74. The maximum atomic E-state index is 5.98. The second kappa shape index (κ2) is 5.09. The zero-order chi connectivity index (χ0) is 13.1. The van der Waals surface area contributed by atoms with Crippen molar-refractivity contribution in [3.63, 3.8) is 0 Å². The number of para-hydroxylation sites is 1. The molecule has 6 nitrogen and oxygen atoms in total. The molecule has 0 bridgehead atoms. The molecule has 0 saturated carbocycles.